The zero-order valence-electron chi connectivity index (χ0n) is 14.6. The summed E-state index contributed by atoms with van der Waals surface area (Å²) in [7, 11) is 0. The molecule has 3 nitrogen and oxygen atoms in total. The Hall–Kier alpha value is -1.35. The van der Waals surface area contributed by atoms with Crippen molar-refractivity contribution in [1.29, 1.82) is 0 Å². The average Bonchev–Trinajstić information content (AvgIpc) is 2.55. The summed E-state index contributed by atoms with van der Waals surface area (Å²) in [5.74, 6) is 1.92. The lowest BCUT2D eigenvalue weighted by Gasteiger charge is -2.43. The van der Waals surface area contributed by atoms with E-state index in [2.05, 4.69) is 23.6 Å². The van der Waals surface area contributed by atoms with Gasteiger partial charge in [-0.25, -0.2) is 0 Å². The highest BCUT2D eigenvalue weighted by Crippen LogP contribution is 2.26. The van der Waals surface area contributed by atoms with Crippen molar-refractivity contribution >= 4 is 5.91 Å². The summed E-state index contributed by atoms with van der Waals surface area (Å²) in [4.78, 5) is 17.2. The zero-order chi connectivity index (χ0) is 16.2. The van der Waals surface area contributed by atoms with Crippen LogP contribution in [0.2, 0.25) is 0 Å². The number of carbonyl (C=O) groups is 1. The second-order valence-corrected chi connectivity index (χ2v) is 7.67. The van der Waals surface area contributed by atoms with Crippen LogP contribution in [0.15, 0.2) is 30.3 Å². The molecule has 2 unspecified atom stereocenters. The second kappa shape index (κ2) is 7.48. The van der Waals surface area contributed by atoms with E-state index in [0.717, 1.165) is 43.3 Å². The summed E-state index contributed by atoms with van der Waals surface area (Å²) in [6.45, 7) is 9.09. The van der Waals surface area contributed by atoms with E-state index in [1.807, 2.05) is 30.3 Å². The molecule has 1 amide bonds. The summed E-state index contributed by atoms with van der Waals surface area (Å²) in [6, 6.07) is 10.8. The second-order valence-electron chi connectivity index (χ2n) is 7.67. The third-order valence-corrected chi connectivity index (χ3v) is 5.43. The van der Waals surface area contributed by atoms with Gasteiger partial charge in [-0.2, -0.15) is 0 Å². The van der Waals surface area contributed by atoms with Gasteiger partial charge in [-0.15, -0.1) is 0 Å². The third kappa shape index (κ3) is 4.35. The largest absolute Gasteiger partial charge is 0.342 e. The highest BCUT2D eigenvalue weighted by Gasteiger charge is 2.31. The van der Waals surface area contributed by atoms with E-state index in [1.54, 1.807) is 0 Å². The van der Waals surface area contributed by atoms with E-state index in [9.17, 15) is 4.79 Å². The molecule has 3 rings (SSSR count). The molecule has 2 aliphatic heterocycles. The lowest BCUT2D eigenvalue weighted by Crippen LogP contribution is -2.51. The van der Waals surface area contributed by atoms with E-state index in [1.165, 1.54) is 19.5 Å². The van der Waals surface area contributed by atoms with Crippen LogP contribution in [0.5, 0.6) is 0 Å². The predicted octanol–water partition coefficient (Wildman–Crippen LogP) is 3.20. The first-order valence-corrected chi connectivity index (χ1v) is 9.17. The van der Waals surface area contributed by atoms with E-state index < -0.39 is 0 Å². The minimum absolute atomic E-state index is 0.287. The van der Waals surface area contributed by atoms with Crippen molar-refractivity contribution in [3.8, 4) is 0 Å². The van der Waals surface area contributed by atoms with Gasteiger partial charge in [0.15, 0.2) is 0 Å². The van der Waals surface area contributed by atoms with E-state index in [4.69, 9.17) is 0 Å². The topological polar surface area (TPSA) is 23.6 Å². The predicted molar refractivity (Wildman–Crippen MR) is 94.3 cm³/mol. The van der Waals surface area contributed by atoms with Crippen LogP contribution in [0.4, 0.5) is 0 Å². The highest BCUT2D eigenvalue weighted by molar-refractivity contribution is 5.78. The maximum atomic E-state index is 12.5. The summed E-state index contributed by atoms with van der Waals surface area (Å²) < 4.78 is 0. The van der Waals surface area contributed by atoms with Crippen molar-refractivity contribution < 1.29 is 4.79 Å². The summed E-state index contributed by atoms with van der Waals surface area (Å²) >= 11 is 0. The van der Waals surface area contributed by atoms with Crippen molar-refractivity contribution in [2.45, 2.75) is 45.6 Å². The fourth-order valence-electron chi connectivity index (χ4n) is 4.37. The molecule has 0 aliphatic carbocycles. The molecule has 1 aromatic rings. The molecule has 2 atom stereocenters. The zero-order valence-corrected chi connectivity index (χ0v) is 14.6. The van der Waals surface area contributed by atoms with Crippen molar-refractivity contribution in [1.82, 2.24) is 9.80 Å². The minimum atomic E-state index is 0.287. The molecule has 1 aromatic carbocycles. The maximum absolute atomic E-state index is 12.5. The monoisotopic (exact) mass is 314 g/mol. The first-order valence-electron chi connectivity index (χ1n) is 9.17. The van der Waals surface area contributed by atoms with Gasteiger partial charge in [0.25, 0.3) is 0 Å². The van der Waals surface area contributed by atoms with Gasteiger partial charge >= 0.3 is 0 Å². The molecule has 0 saturated carbocycles. The lowest BCUT2D eigenvalue weighted by molar-refractivity contribution is -0.132. The Labute approximate surface area is 140 Å². The van der Waals surface area contributed by atoms with Gasteiger partial charge in [0.1, 0.15) is 0 Å². The molecule has 2 heterocycles. The number of rotatable bonds is 3. The smallest absolute Gasteiger partial charge is 0.226 e. The van der Waals surface area contributed by atoms with Crippen LogP contribution >= 0.6 is 0 Å². The van der Waals surface area contributed by atoms with Crippen LogP contribution in [0.3, 0.4) is 0 Å². The van der Waals surface area contributed by atoms with Gasteiger partial charge in [-0.05, 0) is 36.7 Å². The Morgan fingerprint density at radius 1 is 1.04 bits per heavy atom. The normalized spacial score (nSPS) is 27.1. The summed E-state index contributed by atoms with van der Waals surface area (Å²) in [5.41, 5.74) is 1.12. The quantitative estimate of drug-likeness (QED) is 0.855. The van der Waals surface area contributed by atoms with Crippen LogP contribution in [0.25, 0.3) is 0 Å². The number of likely N-dealkylation sites (tertiary alicyclic amines) is 2. The summed E-state index contributed by atoms with van der Waals surface area (Å²) in [6.07, 6.45) is 4.19. The molecular weight excluding hydrogens is 284 g/mol. The van der Waals surface area contributed by atoms with Gasteiger partial charge in [0.2, 0.25) is 5.91 Å². The van der Waals surface area contributed by atoms with Crippen molar-refractivity contribution in [3.05, 3.63) is 35.9 Å². The molecule has 0 radical (unpaired) electrons. The SMILES string of the molecule is CC1CC(C)CN(C2CCN(C(=O)Cc3ccccc3)CC2)C1. The van der Waals surface area contributed by atoms with Crippen LogP contribution in [0.1, 0.15) is 38.7 Å². The van der Waals surface area contributed by atoms with Crippen LogP contribution in [-0.4, -0.2) is 47.9 Å². The molecule has 2 fully saturated rings. The number of piperidine rings is 2. The molecule has 2 aliphatic rings. The fraction of sp³-hybridized carbons (Fsp3) is 0.650. The van der Waals surface area contributed by atoms with Gasteiger partial charge < -0.3 is 4.90 Å². The first kappa shape index (κ1) is 16.5. The van der Waals surface area contributed by atoms with Crippen LogP contribution < -0.4 is 0 Å². The Bertz CT molecular complexity index is 498. The van der Waals surface area contributed by atoms with Crippen molar-refractivity contribution in [2.75, 3.05) is 26.2 Å². The number of hydrogen-bond acceptors (Lipinski definition) is 2. The molecule has 126 valence electrons. The molecule has 0 spiro atoms. The van der Waals surface area contributed by atoms with Gasteiger partial charge in [-0.3, -0.25) is 9.69 Å². The van der Waals surface area contributed by atoms with Crippen molar-refractivity contribution in [3.63, 3.8) is 0 Å². The Kier molecular flexibility index (Phi) is 5.37. The standard InChI is InChI=1S/C20H30N2O/c1-16-12-17(2)15-22(14-16)19-8-10-21(11-9-19)20(23)13-18-6-4-3-5-7-18/h3-7,16-17,19H,8-15H2,1-2H3. The average molecular weight is 314 g/mol. The molecule has 2 saturated heterocycles. The Balaban J connectivity index is 1.49. The van der Waals surface area contributed by atoms with E-state index >= 15 is 0 Å². The number of nitrogens with zero attached hydrogens (tertiary/aromatic N) is 2. The molecule has 3 heteroatoms. The van der Waals surface area contributed by atoms with E-state index in [0.29, 0.717) is 12.5 Å². The van der Waals surface area contributed by atoms with E-state index in [-0.39, 0.29) is 5.91 Å². The number of carbonyl (C=O) groups excluding carboxylic acids is 1. The molecular formula is C20H30N2O. The number of benzene rings is 1. The van der Waals surface area contributed by atoms with Crippen molar-refractivity contribution in [2.24, 2.45) is 11.8 Å². The summed E-state index contributed by atoms with van der Waals surface area (Å²) in [5, 5.41) is 0. The van der Waals surface area contributed by atoms with Gasteiger partial charge in [0.05, 0.1) is 6.42 Å². The van der Waals surface area contributed by atoms with Gasteiger partial charge in [-0.1, -0.05) is 44.2 Å². The van der Waals surface area contributed by atoms with Gasteiger partial charge in [0, 0.05) is 32.2 Å². The third-order valence-electron chi connectivity index (χ3n) is 5.43. The molecule has 0 bridgehead atoms. The fourth-order valence-corrected chi connectivity index (χ4v) is 4.37. The van der Waals surface area contributed by atoms with Crippen LogP contribution in [-0.2, 0) is 11.2 Å². The Morgan fingerprint density at radius 2 is 1.65 bits per heavy atom. The number of amides is 1. The van der Waals surface area contributed by atoms with Crippen LogP contribution in [0, 0.1) is 11.8 Å². The Morgan fingerprint density at radius 3 is 2.26 bits per heavy atom. The minimum Gasteiger partial charge on any atom is -0.342 e. The first-order chi connectivity index (χ1) is 11.1. The highest BCUT2D eigenvalue weighted by atomic mass is 16.2. The number of hydrogen-bond donors (Lipinski definition) is 0. The molecule has 23 heavy (non-hydrogen) atoms. The molecule has 0 aromatic heterocycles. The lowest BCUT2D eigenvalue weighted by atomic mass is 9.89. The molecule has 0 N–H and O–H groups in total. The maximum Gasteiger partial charge on any atom is 0.226 e.